The first-order valence-electron chi connectivity index (χ1n) is 4.61. The summed E-state index contributed by atoms with van der Waals surface area (Å²) in [4.78, 5) is 2.39. The highest BCUT2D eigenvalue weighted by atomic mass is 16.3. The third kappa shape index (κ3) is 1.21. The molecule has 0 spiro atoms. The van der Waals surface area contributed by atoms with E-state index in [1.807, 2.05) is 6.07 Å². The molecule has 2 atom stereocenters. The van der Waals surface area contributed by atoms with E-state index in [-0.39, 0.29) is 0 Å². The monoisotopic (exact) mass is 166 g/mol. The predicted molar refractivity (Wildman–Crippen MR) is 44.4 cm³/mol. The molecule has 2 rings (SSSR count). The van der Waals surface area contributed by atoms with Gasteiger partial charge in [-0.25, -0.2) is 0 Å². The molecule has 0 amide bonds. The molecule has 3 heteroatoms. The van der Waals surface area contributed by atoms with E-state index in [2.05, 4.69) is 4.90 Å². The van der Waals surface area contributed by atoms with Gasteiger partial charge in [-0.05, 0) is 19.4 Å². The Balaban J connectivity index is 2.07. The van der Waals surface area contributed by atoms with Gasteiger partial charge in [0.15, 0.2) is 5.60 Å². The van der Waals surface area contributed by atoms with Crippen LogP contribution in [0.2, 0.25) is 0 Å². The molecule has 12 heavy (non-hydrogen) atoms. The number of hydrogen-bond donors (Lipinski definition) is 1. The number of rotatable bonds is 0. The summed E-state index contributed by atoms with van der Waals surface area (Å²) in [6.45, 7) is 2.06. The minimum atomic E-state index is -1.02. The van der Waals surface area contributed by atoms with Crippen LogP contribution in [0.4, 0.5) is 0 Å². The van der Waals surface area contributed by atoms with E-state index in [1.54, 1.807) is 0 Å². The van der Waals surface area contributed by atoms with Gasteiger partial charge < -0.3 is 10.0 Å². The summed E-state index contributed by atoms with van der Waals surface area (Å²) in [6, 6.07) is 2.50. The maximum Gasteiger partial charge on any atom is 0.153 e. The lowest BCUT2D eigenvalue weighted by Crippen LogP contribution is -2.46. The number of nitrogens with zero attached hydrogens (tertiary/aromatic N) is 2. The number of piperidine rings is 1. The molecule has 2 heterocycles. The molecule has 2 saturated heterocycles. The largest absolute Gasteiger partial charge is 0.375 e. The van der Waals surface area contributed by atoms with E-state index >= 15 is 0 Å². The van der Waals surface area contributed by atoms with Gasteiger partial charge in [0, 0.05) is 25.4 Å². The molecule has 0 bridgehead atoms. The van der Waals surface area contributed by atoms with Crippen molar-refractivity contribution in [2.45, 2.75) is 37.3 Å². The maximum atomic E-state index is 9.74. The number of aliphatic hydroxyl groups is 1. The van der Waals surface area contributed by atoms with Gasteiger partial charge in [-0.2, -0.15) is 5.26 Å². The van der Waals surface area contributed by atoms with Crippen LogP contribution in [0, 0.1) is 11.3 Å². The third-order valence-corrected chi connectivity index (χ3v) is 3.09. The Kier molecular flexibility index (Phi) is 1.82. The zero-order valence-electron chi connectivity index (χ0n) is 7.16. The molecule has 0 radical (unpaired) electrons. The molecule has 3 nitrogen and oxygen atoms in total. The van der Waals surface area contributed by atoms with Gasteiger partial charge in [-0.15, -0.1) is 0 Å². The third-order valence-electron chi connectivity index (χ3n) is 3.09. The van der Waals surface area contributed by atoms with Crippen LogP contribution in [0.3, 0.4) is 0 Å². The smallest absolute Gasteiger partial charge is 0.153 e. The van der Waals surface area contributed by atoms with Crippen LogP contribution < -0.4 is 0 Å². The molecule has 0 aromatic rings. The van der Waals surface area contributed by atoms with Gasteiger partial charge >= 0.3 is 0 Å². The van der Waals surface area contributed by atoms with Crippen molar-refractivity contribution in [1.82, 2.24) is 4.90 Å². The molecular formula is C9H14N2O. The SMILES string of the molecule is N#CC1(O)CCN2CCCC2C1. The van der Waals surface area contributed by atoms with Crippen molar-refractivity contribution in [3.63, 3.8) is 0 Å². The fraction of sp³-hybridized carbons (Fsp3) is 0.889. The molecule has 2 aliphatic rings. The number of nitriles is 1. The van der Waals surface area contributed by atoms with Crippen molar-refractivity contribution in [2.24, 2.45) is 0 Å². The summed E-state index contributed by atoms with van der Waals surface area (Å²) >= 11 is 0. The lowest BCUT2D eigenvalue weighted by molar-refractivity contribution is 0.00810. The molecule has 0 saturated carbocycles. The van der Waals surface area contributed by atoms with Gasteiger partial charge in [0.05, 0.1) is 6.07 Å². The van der Waals surface area contributed by atoms with Crippen molar-refractivity contribution in [2.75, 3.05) is 13.1 Å². The summed E-state index contributed by atoms with van der Waals surface area (Å²) in [7, 11) is 0. The average Bonchev–Trinajstić information content (AvgIpc) is 2.51. The molecule has 0 aliphatic carbocycles. The van der Waals surface area contributed by atoms with E-state index < -0.39 is 5.60 Å². The van der Waals surface area contributed by atoms with Gasteiger partial charge in [0.1, 0.15) is 0 Å². The zero-order chi connectivity index (χ0) is 8.60. The second-order valence-corrected chi connectivity index (χ2v) is 3.93. The Hall–Kier alpha value is -0.590. The van der Waals surface area contributed by atoms with E-state index in [0.717, 1.165) is 19.5 Å². The summed E-state index contributed by atoms with van der Waals surface area (Å²) in [5.41, 5.74) is -1.02. The van der Waals surface area contributed by atoms with Crippen LogP contribution in [-0.2, 0) is 0 Å². The van der Waals surface area contributed by atoms with Crippen molar-refractivity contribution in [3.8, 4) is 6.07 Å². The quantitative estimate of drug-likeness (QED) is 0.533. The standard InChI is InChI=1S/C9H14N2O/c10-7-9(12)3-5-11-4-1-2-8(11)6-9/h8,12H,1-6H2. The average molecular weight is 166 g/mol. The van der Waals surface area contributed by atoms with Crippen LogP contribution in [-0.4, -0.2) is 34.7 Å². The Morgan fingerprint density at radius 2 is 2.33 bits per heavy atom. The minimum Gasteiger partial charge on any atom is -0.375 e. The highest BCUT2D eigenvalue weighted by Crippen LogP contribution is 2.32. The fourth-order valence-electron chi connectivity index (χ4n) is 2.34. The molecule has 2 unspecified atom stereocenters. The fourth-order valence-corrected chi connectivity index (χ4v) is 2.34. The summed E-state index contributed by atoms with van der Waals surface area (Å²) in [5, 5.41) is 18.5. The highest BCUT2D eigenvalue weighted by molar-refractivity contribution is 5.06. The first-order chi connectivity index (χ1) is 5.73. The molecule has 2 aliphatic heterocycles. The van der Waals surface area contributed by atoms with Crippen LogP contribution >= 0.6 is 0 Å². The molecule has 2 fully saturated rings. The molecular weight excluding hydrogens is 152 g/mol. The Bertz CT molecular complexity index is 223. The second kappa shape index (κ2) is 2.72. The number of hydrogen-bond acceptors (Lipinski definition) is 3. The van der Waals surface area contributed by atoms with Crippen molar-refractivity contribution in [1.29, 1.82) is 5.26 Å². The molecule has 0 aromatic heterocycles. The maximum absolute atomic E-state index is 9.74. The molecule has 66 valence electrons. The van der Waals surface area contributed by atoms with Crippen LogP contribution in [0.15, 0.2) is 0 Å². The van der Waals surface area contributed by atoms with E-state index in [1.165, 1.54) is 6.42 Å². The van der Waals surface area contributed by atoms with Crippen molar-refractivity contribution in [3.05, 3.63) is 0 Å². The van der Waals surface area contributed by atoms with Crippen molar-refractivity contribution >= 4 is 0 Å². The van der Waals surface area contributed by atoms with E-state index in [9.17, 15) is 5.11 Å². The van der Waals surface area contributed by atoms with E-state index in [0.29, 0.717) is 18.9 Å². The normalized spacial score (nSPS) is 42.2. The lowest BCUT2D eigenvalue weighted by atomic mass is 9.88. The first kappa shape index (κ1) is 8.03. The zero-order valence-corrected chi connectivity index (χ0v) is 7.16. The van der Waals surface area contributed by atoms with Gasteiger partial charge in [-0.1, -0.05) is 0 Å². The van der Waals surface area contributed by atoms with Crippen LogP contribution in [0.25, 0.3) is 0 Å². The van der Waals surface area contributed by atoms with Crippen LogP contribution in [0.5, 0.6) is 0 Å². The summed E-state index contributed by atoms with van der Waals surface area (Å²) in [5.74, 6) is 0. The Labute approximate surface area is 72.6 Å². The number of fused-ring (bicyclic) bond motifs is 1. The highest BCUT2D eigenvalue weighted by Gasteiger charge is 2.40. The first-order valence-corrected chi connectivity index (χ1v) is 4.61. The van der Waals surface area contributed by atoms with E-state index in [4.69, 9.17) is 5.26 Å². The van der Waals surface area contributed by atoms with Crippen molar-refractivity contribution < 1.29 is 5.11 Å². The van der Waals surface area contributed by atoms with Gasteiger partial charge in [0.25, 0.3) is 0 Å². The Morgan fingerprint density at radius 1 is 1.50 bits per heavy atom. The van der Waals surface area contributed by atoms with Crippen LogP contribution in [0.1, 0.15) is 25.7 Å². The minimum absolute atomic E-state index is 0.475. The lowest BCUT2D eigenvalue weighted by Gasteiger charge is -2.36. The molecule has 1 N–H and O–H groups in total. The molecule has 0 aromatic carbocycles. The Morgan fingerprint density at radius 3 is 3.08 bits per heavy atom. The summed E-state index contributed by atoms with van der Waals surface area (Å²) in [6.07, 6.45) is 3.67. The van der Waals surface area contributed by atoms with Gasteiger partial charge in [-0.3, -0.25) is 0 Å². The van der Waals surface area contributed by atoms with Gasteiger partial charge in [0.2, 0.25) is 0 Å². The predicted octanol–water partition coefficient (Wildman–Crippen LogP) is 0.499. The second-order valence-electron chi connectivity index (χ2n) is 3.93. The summed E-state index contributed by atoms with van der Waals surface area (Å²) < 4.78 is 0. The topological polar surface area (TPSA) is 47.3 Å².